The van der Waals surface area contributed by atoms with Crippen LogP contribution in [0.2, 0.25) is 0 Å². The molecule has 45 heavy (non-hydrogen) atoms. The summed E-state index contributed by atoms with van der Waals surface area (Å²) in [6.45, 7) is 7.48. The Labute approximate surface area is 274 Å². The van der Waals surface area contributed by atoms with E-state index in [-0.39, 0.29) is 11.6 Å². The zero-order chi connectivity index (χ0) is 33.6. The van der Waals surface area contributed by atoms with Gasteiger partial charge in [-0.2, -0.15) is 0 Å². The van der Waals surface area contributed by atoms with Crippen LogP contribution in [0.15, 0.2) is 36.4 Å². The van der Waals surface area contributed by atoms with Gasteiger partial charge < -0.3 is 28.1 Å². The van der Waals surface area contributed by atoms with Crippen LogP contribution in [0.5, 0.6) is 0 Å². The third kappa shape index (κ3) is 10.9. The van der Waals surface area contributed by atoms with Crippen LogP contribution in [0.4, 0.5) is 11.4 Å². The summed E-state index contributed by atoms with van der Waals surface area (Å²) >= 11 is 0. The monoisotopic (exact) mass is 623 g/mol. The highest BCUT2D eigenvalue weighted by Crippen LogP contribution is 2.38. The predicted octanol–water partition coefficient (Wildman–Crippen LogP) is 4.32. The molecule has 3 rings (SSSR count). The number of carbonyl (C=O) groups excluding carboxylic acids is 2. The van der Waals surface area contributed by atoms with E-state index in [0.717, 1.165) is 103 Å². The molecular formula is C37H63N6O2+3. The highest BCUT2D eigenvalue weighted by molar-refractivity contribution is 6.31. The van der Waals surface area contributed by atoms with Crippen LogP contribution < -0.4 is 9.80 Å². The standard InChI is InChI=1S/C37H63N6O2/c1-38(2)22-14-23-39(24-15-27-41(3,4)5)32-20-12-18-30-34(32)36(44)31-19-13-21-33(35(31)37(30)45)40(25-16-28-42(6,7)8)26-17-29-43(9,10)11/h12-13,18-21H,14-17,22-29H2,1-11H3/q+3. The average Bonchev–Trinajstić information content (AvgIpc) is 2.91. The van der Waals surface area contributed by atoms with Gasteiger partial charge in [0, 0.05) is 67.9 Å². The normalized spacial score (nSPS) is 13.7. The van der Waals surface area contributed by atoms with Gasteiger partial charge in [-0.3, -0.25) is 9.59 Å². The molecule has 0 N–H and O–H groups in total. The van der Waals surface area contributed by atoms with Crippen LogP contribution in [0.25, 0.3) is 0 Å². The molecule has 1 aliphatic rings. The van der Waals surface area contributed by atoms with Crippen LogP contribution in [0, 0.1) is 0 Å². The first-order chi connectivity index (χ1) is 20.9. The van der Waals surface area contributed by atoms with E-state index in [2.05, 4.69) is 98.3 Å². The van der Waals surface area contributed by atoms with Gasteiger partial charge >= 0.3 is 0 Å². The lowest BCUT2D eigenvalue weighted by Crippen LogP contribution is -2.40. The number of carbonyl (C=O) groups is 2. The minimum atomic E-state index is -0.0288. The van der Waals surface area contributed by atoms with Gasteiger partial charge in [-0.15, -0.1) is 0 Å². The number of hydrogen-bond acceptors (Lipinski definition) is 5. The summed E-state index contributed by atoms with van der Waals surface area (Å²) in [6, 6.07) is 11.8. The third-order valence-corrected chi connectivity index (χ3v) is 8.51. The van der Waals surface area contributed by atoms with Crippen molar-refractivity contribution in [1.82, 2.24) is 4.90 Å². The Morgan fingerprint density at radius 2 is 0.822 bits per heavy atom. The molecule has 0 spiro atoms. The van der Waals surface area contributed by atoms with Crippen molar-refractivity contribution in [2.45, 2.75) is 25.7 Å². The van der Waals surface area contributed by atoms with Crippen LogP contribution in [-0.2, 0) is 0 Å². The number of ketones is 2. The molecule has 8 heteroatoms. The van der Waals surface area contributed by atoms with Crippen LogP contribution in [-0.4, -0.2) is 160 Å². The fourth-order valence-corrected chi connectivity index (χ4v) is 6.22. The molecular weight excluding hydrogens is 560 g/mol. The zero-order valence-electron chi connectivity index (χ0n) is 30.4. The molecule has 1 aliphatic carbocycles. The molecule has 8 nitrogen and oxygen atoms in total. The minimum absolute atomic E-state index is 0.0279. The molecule has 0 fully saturated rings. The largest absolute Gasteiger partial charge is 0.371 e. The maximum Gasteiger partial charge on any atom is 0.196 e. The zero-order valence-corrected chi connectivity index (χ0v) is 30.4. The highest BCUT2D eigenvalue weighted by Gasteiger charge is 2.35. The lowest BCUT2D eigenvalue weighted by Gasteiger charge is -2.33. The number of benzene rings is 2. The molecule has 0 bridgehead atoms. The second kappa shape index (κ2) is 15.2. The van der Waals surface area contributed by atoms with Gasteiger partial charge in [-0.1, -0.05) is 24.3 Å². The van der Waals surface area contributed by atoms with Crippen molar-refractivity contribution >= 4 is 22.9 Å². The summed E-state index contributed by atoms with van der Waals surface area (Å²) in [7, 11) is 24.1. The Bertz CT molecular complexity index is 1280. The van der Waals surface area contributed by atoms with Gasteiger partial charge in [-0.25, -0.2) is 0 Å². The van der Waals surface area contributed by atoms with Gasteiger partial charge in [0.05, 0.1) is 94.2 Å². The molecule has 2 aromatic carbocycles. The molecule has 0 saturated carbocycles. The Balaban J connectivity index is 2.01. The number of fused-ring (bicyclic) bond motifs is 2. The fourth-order valence-electron chi connectivity index (χ4n) is 6.22. The second-order valence-electron chi connectivity index (χ2n) is 16.3. The Morgan fingerprint density at radius 1 is 0.489 bits per heavy atom. The van der Waals surface area contributed by atoms with Crippen LogP contribution in [0.1, 0.15) is 57.5 Å². The molecule has 0 aliphatic heterocycles. The van der Waals surface area contributed by atoms with E-state index < -0.39 is 0 Å². The number of anilines is 2. The Kier molecular flexibility index (Phi) is 12.4. The van der Waals surface area contributed by atoms with Crippen molar-refractivity contribution in [3.63, 3.8) is 0 Å². The quantitative estimate of drug-likeness (QED) is 0.198. The summed E-state index contributed by atoms with van der Waals surface area (Å²) < 4.78 is 2.69. The van der Waals surface area contributed by atoms with E-state index in [9.17, 15) is 9.59 Å². The Morgan fingerprint density at radius 3 is 1.13 bits per heavy atom. The summed E-state index contributed by atoms with van der Waals surface area (Å²) in [5.74, 6) is -0.0567. The topological polar surface area (TPSA) is 43.9 Å². The molecule has 250 valence electrons. The molecule has 0 radical (unpaired) electrons. The number of quaternary nitrogens is 3. The van der Waals surface area contributed by atoms with Crippen LogP contribution >= 0.6 is 0 Å². The molecule has 0 heterocycles. The molecule has 0 atom stereocenters. The molecule has 0 amide bonds. The van der Waals surface area contributed by atoms with Gasteiger partial charge in [0.1, 0.15) is 0 Å². The van der Waals surface area contributed by atoms with Crippen LogP contribution in [0.3, 0.4) is 0 Å². The Hall–Kier alpha value is -2.78. The van der Waals surface area contributed by atoms with Gasteiger partial charge in [0.2, 0.25) is 0 Å². The average molecular weight is 624 g/mol. The molecule has 2 aromatic rings. The van der Waals surface area contributed by atoms with Crippen molar-refractivity contribution in [2.75, 3.05) is 140 Å². The third-order valence-electron chi connectivity index (χ3n) is 8.51. The van der Waals surface area contributed by atoms with Gasteiger partial charge in [-0.05, 0) is 39.2 Å². The maximum atomic E-state index is 14.5. The van der Waals surface area contributed by atoms with E-state index in [1.165, 1.54) is 0 Å². The lowest BCUT2D eigenvalue weighted by atomic mass is 9.81. The number of hydrogen-bond donors (Lipinski definition) is 0. The first-order valence-electron chi connectivity index (χ1n) is 16.8. The summed E-state index contributed by atoms with van der Waals surface area (Å²) in [5.41, 5.74) is 4.02. The fraction of sp³-hybridized carbons (Fsp3) is 0.622. The van der Waals surface area contributed by atoms with Crippen molar-refractivity contribution in [3.05, 3.63) is 58.7 Å². The SMILES string of the molecule is CN(C)CCCN(CCC[N+](C)(C)C)c1cccc2c1C(=O)c1cccc(N(CCC[N+](C)(C)C)CCC[N+](C)(C)C)c1C2=O. The summed E-state index contributed by atoms with van der Waals surface area (Å²) in [6.07, 6.45) is 4.01. The van der Waals surface area contributed by atoms with Gasteiger partial charge in [0.25, 0.3) is 0 Å². The van der Waals surface area contributed by atoms with E-state index >= 15 is 0 Å². The van der Waals surface area contributed by atoms with E-state index in [0.29, 0.717) is 22.3 Å². The van der Waals surface area contributed by atoms with Crippen molar-refractivity contribution in [3.8, 4) is 0 Å². The first-order valence-corrected chi connectivity index (χ1v) is 16.8. The summed E-state index contributed by atoms with van der Waals surface area (Å²) in [4.78, 5) is 35.8. The van der Waals surface area contributed by atoms with Crippen molar-refractivity contribution in [2.24, 2.45) is 0 Å². The second-order valence-corrected chi connectivity index (χ2v) is 16.3. The van der Waals surface area contributed by atoms with E-state index in [1.54, 1.807) is 0 Å². The first kappa shape index (κ1) is 36.7. The van der Waals surface area contributed by atoms with E-state index in [4.69, 9.17) is 0 Å². The predicted molar refractivity (Wildman–Crippen MR) is 190 cm³/mol. The number of rotatable bonds is 18. The van der Waals surface area contributed by atoms with Crippen molar-refractivity contribution < 1.29 is 23.0 Å². The smallest absolute Gasteiger partial charge is 0.196 e. The highest BCUT2D eigenvalue weighted by atomic mass is 16.1. The summed E-state index contributed by atoms with van der Waals surface area (Å²) in [5, 5.41) is 0. The lowest BCUT2D eigenvalue weighted by molar-refractivity contribution is -0.870. The number of nitrogens with zero attached hydrogens (tertiary/aromatic N) is 6. The maximum absolute atomic E-state index is 14.5. The minimum Gasteiger partial charge on any atom is -0.371 e. The van der Waals surface area contributed by atoms with E-state index in [1.807, 2.05) is 30.3 Å². The molecule has 0 aromatic heterocycles. The molecule has 0 saturated heterocycles. The van der Waals surface area contributed by atoms with Gasteiger partial charge in [0.15, 0.2) is 11.6 Å². The molecule has 0 unspecified atom stereocenters. The van der Waals surface area contributed by atoms with Crippen molar-refractivity contribution in [1.29, 1.82) is 0 Å².